The molecule has 0 amide bonds. The number of rotatable bonds is 3. The normalized spacial score (nSPS) is 23.7. The van der Waals surface area contributed by atoms with Crippen LogP contribution in [0.2, 0.25) is 43.9 Å². The van der Waals surface area contributed by atoms with Crippen LogP contribution in [0.5, 0.6) is 0 Å². The summed E-state index contributed by atoms with van der Waals surface area (Å²) in [6, 6.07) is 2.32. The van der Waals surface area contributed by atoms with Crippen LogP contribution in [-0.2, 0) is 9.53 Å². The molecule has 18 heavy (non-hydrogen) atoms. The van der Waals surface area contributed by atoms with Gasteiger partial charge in [-0.05, 0) is 32.4 Å². The van der Waals surface area contributed by atoms with Crippen LogP contribution in [0.1, 0.15) is 27.2 Å². The van der Waals surface area contributed by atoms with E-state index in [9.17, 15) is 4.79 Å². The predicted molar refractivity (Wildman–Crippen MR) is 83.3 cm³/mol. The van der Waals surface area contributed by atoms with E-state index in [-0.39, 0.29) is 17.5 Å². The SMILES string of the molecule is CCC(C)(C)C(=O)OC1C[Si](C)(C)C[Si](C)(C)C1. The third kappa shape index (κ3) is 4.23. The highest BCUT2D eigenvalue weighted by Crippen LogP contribution is 2.37. The first kappa shape index (κ1) is 16.0. The molecule has 0 aromatic carbocycles. The number of hydrogen-bond donors (Lipinski definition) is 0. The van der Waals surface area contributed by atoms with Gasteiger partial charge in [0.2, 0.25) is 0 Å². The predicted octanol–water partition coefficient (Wildman–Crippen LogP) is 4.30. The standard InChI is InChI=1S/C14H30O2Si2/c1-8-14(2,3)13(15)16-12-9-17(4,5)11-18(6,7)10-12/h12H,8-11H2,1-7H3. The van der Waals surface area contributed by atoms with Gasteiger partial charge in [0.25, 0.3) is 0 Å². The smallest absolute Gasteiger partial charge is 0.311 e. The highest BCUT2D eigenvalue weighted by Gasteiger charge is 2.43. The van der Waals surface area contributed by atoms with Crippen molar-refractivity contribution < 1.29 is 9.53 Å². The fourth-order valence-electron chi connectivity index (χ4n) is 3.28. The van der Waals surface area contributed by atoms with E-state index < -0.39 is 16.1 Å². The van der Waals surface area contributed by atoms with Crippen LogP contribution < -0.4 is 0 Å². The first-order valence-corrected chi connectivity index (χ1v) is 14.0. The Kier molecular flexibility index (Phi) is 4.54. The van der Waals surface area contributed by atoms with E-state index in [2.05, 4.69) is 33.1 Å². The Morgan fingerprint density at radius 1 is 1.17 bits per heavy atom. The van der Waals surface area contributed by atoms with Gasteiger partial charge in [-0.3, -0.25) is 4.79 Å². The lowest BCUT2D eigenvalue weighted by Gasteiger charge is -2.42. The Hall–Kier alpha value is -0.0962. The molecule has 1 saturated heterocycles. The van der Waals surface area contributed by atoms with Crippen molar-refractivity contribution in [3.63, 3.8) is 0 Å². The molecule has 1 rings (SSSR count). The summed E-state index contributed by atoms with van der Waals surface area (Å²) in [6.07, 6.45) is 1.06. The third-order valence-corrected chi connectivity index (χ3v) is 15.0. The van der Waals surface area contributed by atoms with Crippen molar-refractivity contribution in [3.8, 4) is 0 Å². The molecule has 0 radical (unpaired) electrons. The zero-order chi connectivity index (χ0) is 14.2. The van der Waals surface area contributed by atoms with Gasteiger partial charge in [0, 0.05) is 16.1 Å². The summed E-state index contributed by atoms with van der Waals surface area (Å²) in [5, 5.41) is 0. The van der Waals surface area contributed by atoms with E-state index in [4.69, 9.17) is 4.74 Å². The number of carbonyl (C=O) groups is 1. The molecular weight excluding hydrogens is 256 g/mol. The van der Waals surface area contributed by atoms with E-state index in [1.807, 2.05) is 13.8 Å². The van der Waals surface area contributed by atoms with Gasteiger partial charge in [-0.25, -0.2) is 0 Å². The van der Waals surface area contributed by atoms with Gasteiger partial charge in [0.1, 0.15) is 0 Å². The maximum Gasteiger partial charge on any atom is 0.311 e. The average Bonchev–Trinajstić information content (AvgIpc) is 2.12. The molecule has 0 aliphatic carbocycles. The van der Waals surface area contributed by atoms with E-state index in [0.29, 0.717) is 0 Å². The fourth-order valence-corrected chi connectivity index (χ4v) is 18.0. The van der Waals surface area contributed by atoms with Gasteiger partial charge in [0.15, 0.2) is 0 Å². The van der Waals surface area contributed by atoms with Crippen LogP contribution in [0, 0.1) is 5.41 Å². The maximum atomic E-state index is 12.2. The minimum atomic E-state index is -1.14. The minimum absolute atomic E-state index is 0.00602. The van der Waals surface area contributed by atoms with Gasteiger partial charge in [-0.1, -0.05) is 38.8 Å². The molecule has 1 heterocycles. The van der Waals surface area contributed by atoms with Crippen LogP contribution in [-0.4, -0.2) is 28.2 Å². The number of ether oxygens (including phenoxy) is 1. The Balaban J connectivity index is 2.71. The summed E-state index contributed by atoms with van der Waals surface area (Å²) in [6.45, 7) is 15.8. The van der Waals surface area contributed by atoms with Crippen LogP contribution in [0.15, 0.2) is 0 Å². The Labute approximate surface area is 115 Å². The first-order chi connectivity index (χ1) is 7.97. The highest BCUT2D eigenvalue weighted by molar-refractivity contribution is 6.96. The second-order valence-corrected chi connectivity index (χ2v) is 19.1. The first-order valence-electron chi connectivity index (χ1n) is 7.19. The lowest BCUT2D eigenvalue weighted by atomic mass is 9.91. The lowest BCUT2D eigenvalue weighted by Crippen LogP contribution is -2.50. The van der Waals surface area contributed by atoms with Gasteiger partial charge >= 0.3 is 5.97 Å². The van der Waals surface area contributed by atoms with Crippen molar-refractivity contribution >= 4 is 22.1 Å². The second-order valence-electron chi connectivity index (χ2n) is 8.18. The lowest BCUT2D eigenvalue weighted by molar-refractivity contribution is -0.158. The summed E-state index contributed by atoms with van der Waals surface area (Å²) in [7, 11) is -2.28. The van der Waals surface area contributed by atoms with Crippen molar-refractivity contribution in [1.29, 1.82) is 0 Å². The molecule has 4 heteroatoms. The quantitative estimate of drug-likeness (QED) is 0.571. The summed E-state index contributed by atoms with van der Waals surface area (Å²) in [5.74, 6) is 0.00602. The van der Waals surface area contributed by atoms with Crippen LogP contribution >= 0.6 is 0 Å². The van der Waals surface area contributed by atoms with Crippen molar-refractivity contribution in [1.82, 2.24) is 0 Å². The van der Waals surface area contributed by atoms with Gasteiger partial charge in [-0.2, -0.15) is 0 Å². The molecule has 0 spiro atoms. The van der Waals surface area contributed by atoms with Crippen molar-refractivity contribution in [3.05, 3.63) is 0 Å². The van der Waals surface area contributed by atoms with Crippen molar-refractivity contribution in [2.75, 3.05) is 0 Å². The molecule has 0 aromatic heterocycles. The third-order valence-electron chi connectivity index (χ3n) is 4.23. The largest absolute Gasteiger partial charge is 0.463 e. The molecule has 0 atom stereocenters. The minimum Gasteiger partial charge on any atom is -0.463 e. The average molecular weight is 287 g/mol. The maximum absolute atomic E-state index is 12.2. The summed E-state index contributed by atoms with van der Waals surface area (Å²) in [4.78, 5) is 12.2. The summed E-state index contributed by atoms with van der Waals surface area (Å²) >= 11 is 0. The van der Waals surface area contributed by atoms with E-state index in [1.165, 1.54) is 5.67 Å². The second kappa shape index (κ2) is 5.12. The Morgan fingerprint density at radius 3 is 2.00 bits per heavy atom. The van der Waals surface area contributed by atoms with Crippen molar-refractivity contribution in [2.45, 2.75) is 77.2 Å². The molecule has 0 saturated carbocycles. The molecule has 1 aliphatic heterocycles. The molecule has 106 valence electrons. The molecule has 0 N–H and O–H groups in total. The fraction of sp³-hybridized carbons (Fsp3) is 0.929. The van der Waals surface area contributed by atoms with Gasteiger partial charge in [0.05, 0.1) is 11.5 Å². The molecule has 0 bridgehead atoms. The molecule has 2 nitrogen and oxygen atoms in total. The van der Waals surface area contributed by atoms with Crippen molar-refractivity contribution in [2.24, 2.45) is 5.41 Å². The molecule has 0 aromatic rings. The topological polar surface area (TPSA) is 26.3 Å². The highest BCUT2D eigenvalue weighted by atomic mass is 28.4. The van der Waals surface area contributed by atoms with Crippen LogP contribution in [0.25, 0.3) is 0 Å². The Morgan fingerprint density at radius 2 is 1.61 bits per heavy atom. The Bertz CT molecular complexity index is 306. The van der Waals surface area contributed by atoms with Crippen LogP contribution in [0.3, 0.4) is 0 Å². The van der Waals surface area contributed by atoms with E-state index in [0.717, 1.165) is 18.5 Å². The molecule has 0 unspecified atom stereocenters. The summed E-state index contributed by atoms with van der Waals surface area (Å²) in [5.41, 5.74) is 1.15. The number of esters is 1. The molecule has 1 aliphatic rings. The number of hydrogen-bond acceptors (Lipinski definition) is 2. The molecule has 1 fully saturated rings. The van der Waals surface area contributed by atoms with Gasteiger partial charge in [-0.15, -0.1) is 0 Å². The van der Waals surface area contributed by atoms with Crippen LogP contribution in [0.4, 0.5) is 0 Å². The summed E-state index contributed by atoms with van der Waals surface area (Å²) < 4.78 is 5.85. The van der Waals surface area contributed by atoms with E-state index in [1.54, 1.807) is 0 Å². The monoisotopic (exact) mass is 286 g/mol. The molecular formula is C14H30O2Si2. The number of carbonyl (C=O) groups excluding carboxylic acids is 1. The zero-order valence-corrected chi connectivity index (χ0v) is 15.2. The van der Waals surface area contributed by atoms with Gasteiger partial charge < -0.3 is 4.74 Å². The zero-order valence-electron chi connectivity index (χ0n) is 13.2. The van der Waals surface area contributed by atoms with E-state index >= 15 is 0 Å².